The van der Waals surface area contributed by atoms with E-state index in [1.165, 1.54) is 27.8 Å². The summed E-state index contributed by atoms with van der Waals surface area (Å²) in [5, 5.41) is 12.0. The van der Waals surface area contributed by atoms with E-state index < -0.39 is 6.10 Å². The van der Waals surface area contributed by atoms with Gasteiger partial charge < -0.3 is 14.8 Å². The lowest BCUT2D eigenvalue weighted by Gasteiger charge is -2.47. The van der Waals surface area contributed by atoms with Gasteiger partial charge in [-0.15, -0.1) is 0 Å². The Morgan fingerprint density at radius 2 is 1.68 bits per heavy atom. The minimum Gasteiger partial charge on any atom is -0.490 e. The van der Waals surface area contributed by atoms with E-state index in [2.05, 4.69) is 69.4 Å². The van der Waals surface area contributed by atoms with Crippen LogP contribution in [0.1, 0.15) is 29.5 Å². The van der Waals surface area contributed by atoms with Crippen molar-refractivity contribution < 1.29 is 9.84 Å². The second-order valence-electron chi connectivity index (χ2n) is 11.1. The molecule has 1 aromatic heterocycles. The van der Waals surface area contributed by atoms with Crippen molar-refractivity contribution in [2.24, 2.45) is 0 Å². The molecule has 2 N–H and O–H groups in total. The molecule has 5 nitrogen and oxygen atoms in total. The number of nitrogens with zero attached hydrogens (tertiary/aromatic N) is 2. The molecule has 0 radical (unpaired) electrons. The predicted octanol–water partition coefficient (Wildman–Crippen LogP) is 5.38. The van der Waals surface area contributed by atoms with Crippen LogP contribution in [0.3, 0.4) is 0 Å². The molecule has 4 heterocycles. The van der Waals surface area contributed by atoms with Crippen LogP contribution < -0.4 is 4.74 Å². The first-order valence-corrected chi connectivity index (χ1v) is 13.9. The Kier molecular flexibility index (Phi) is 6.28. The first kappa shape index (κ1) is 23.7. The molecule has 1 aliphatic carbocycles. The molecule has 0 spiro atoms. The number of piperazine rings is 1. The molecule has 5 heteroatoms. The van der Waals surface area contributed by atoms with Gasteiger partial charge in [-0.1, -0.05) is 60.7 Å². The second-order valence-corrected chi connectivity index (χ2v) is 11.1. The normalized spacial score (nSPS) is 22.6. The second kappa shape index (κ2) is 10.1. The van der Waals surface area contributed by atoms with Crippen LogP contribution >= 0.6 is 0 Å². The number of aliphatic hydroxyl groups excluding tert-OH is 1. The lowest BCUT2D eigenvalue weighted by atomic mass is 9.95. The lowest BCUT2D eigenvalue weighted by Crippen LogP contribution is -2.59. The van der Waals surface area contributed by atoms with Gasteiger partial charge in [0.25, 0.3) is 0 Å². The molecule has 3 atom stereocenters. The van der Waals surface area contributed by atoms with Crippen LogP contribution in [-0.2, 0) is 13.0 Å². The van der Waals surface area contributed by atoms with Crippen molar-refractivity contribution in [1.82, 2.24) is 14.8 Å². The summed E-state index contributed by atoms with van der Waals surface area (Å²) in [4.78, 5) is 8.39. The molecule has 0 saturated carbocycles. The van der Waals surface area contributed by atoms with Gasteiger partial charge in [0, 0.05) is 55.4 Å². The van der Waals surface area contributed by atoms with Gasteiger partial charge in [-0.3, -0.25) is 9.80 Å². The summed E-state index contributed by atoms with van der Waals surface area (Å²) in [5.74, 6) is 0.823. The Bertz CT molecular complexity index is 1470. The van der Waals surface area contributed by atoms with Gasteiger partial charge >= 0.3 is 0 Å². The molecule has 194 valence electrons. The number of benzene rings is 3. The maximum absolute atomic E-state index is 10.9. The molecule has 0 amide bonds. The average Bonchev–Trinajstić information content (AvgIpc) is 3.54. The standard InChI is InChI=1S/C33H35N3O2/c37-28(22-38-33-11-5-10-32-31(33)14-15-34-32)21-36-20-26-7-2-3-8-27(36)19-35(26)18-23-12-13-30-25(16-23)17-24-6-1-4-9-29(24)30/h1-6,9-16,26-28,34,37H,7-8,17-22H2/b3-2-/t26-,27-,28-/m0/s1. The highest BCUT2D eigenvalue weighted by Gasteiger charge is 2.35. The van der Waals surface area contributed by atoms with Crippen LogP contribution in [0.25, 0.3) is 22.0 Å². The number of rotatable bonds is 7. The number of fused-ring (bicyclic) bond motifs is 8. The van der Waals surface area contributed by atoms with E-state index in [-0.39, 0.29) is 0 Å². The molecule has 1 fully saturated rings. The Balaban J connectivity index is 1.00. The molecule has 2 bridgehead atoms. The summed E-state index contributed by atoms with van der Waals surface area (Å²) < 4.78 is 6.06. The summed E-state index contributed by atoms with van der Waals surface area (Å²) in [5.41, 5.74) is 8.16. The molecule has 3 aliphatic heterocycles. The van der Waals surface area contributed by atoms with Crippen LogP contribution in [0.2, 0.25) is 0 Å². The number of aromatic nitrogens is 1. The van der Waals surface area contributed by atoms with Crippen LogP contribution in [0.5, 0.6) is 5.75 Å². The quantitative estimate of drug-likeness (QED) is 0.292. The van der Waals surface area contributed by atoms with Crippen LogP contribution in [-0.4, -0.2) is 64.3 Å². The van der Waals surface area contributed by atoms with Gasteiger partial charge in [-0.05, 0) is 65.3 Å². The zero-order valence-electron chi connectivity index (χ0n) is 21.7. The van der Waals surface area contributed by atoms with Gasteiger partial charge in [0.1, 0.15) is 18.5 Å². The third kappa shape index (κ3) is 4.55. The largest absolute Gasteiger partial charge is 0.490 e. The highest BCUT2D eigenvalue weighted by atomic mass is 16.5. The monoisotopic (exact) mass is 505 g/mol. The first-order valence-electron chi connectivity index (χ1n) is 13.9. The van der Waals surface area contributed by atoms with Crippen molar-refractivity contribution in [3.8, 4) is 16.9 Å². The van der Waals surface area contributed by atoms with E-state index in [9.17, 15) is 5.11 Å². The van der Waals surface area contributed by atoms with Crippen LogP contribution in [0.4, 0.5) is 0 Å². The van der Waals surface area contributed by atoms with Crippen molar-refractivity contribution in [1.29, 1.82) is 0 Å². The minimum atomic E-state index is -0.527. The average molecular weight is 506 g/mol. The zero-order chi connectivity index (χ0) is 25.5. The maximum Gasteiger partial charge on any atom is 0.128 e. The van der Waals surface area contributed by atoms with E-state index in [1.54, 1.807) is 0 Å². The van der Waals surface area contributed by atoms with Crippen molar-refractivity contribution >= 4 is 10.9 Å². The fourth-order valence-corrected chi connectivity index (χ4v) is 6.66. The summed E-state index contributed by atoms with van der Waals surface area (Å²) in [7, 11) is 0. The zero-order valence-corrected chi connectivity index (χ0v) is 21.7. The molecule has 38 heavy (non-hydrogen) atoms. The number of ether oxygens (including phenoxy) is 1. The fraction of sp³-hybridized carbons (Fsp3) is 0.333. The molecule has 4 aromatic rings. The Hall–Kier alpha value is -3.38. The lowest BCUT2D eigenvalue weighted by molar-refractivity contribution is -0.0124. The molecule has 3 aromatic carbocycles. The SMILES string of the molecule is O[C@H](COc1cccc2[nH]ccc12)CN1C[C@@H]2C/C=C\C[C@H]1CN2Cc1ccc2c(c1)Cc1ccccc1-2. The van der Waals surface area contributed by atoms with Crippen molar-refractivity contribution in [3.63, 3.8) is 0 Å². The van der Waals surface area contributed by atoms with Gasteiger partial charge in [0.2, 0.25) is 0 Å². The molecule has 4 aliphatic rings. The fourth-order valence-electron chi connectivity index (χ4n) is 6.66. The molecule has 8 rings (SSSR count). The van der Waals surface area contributed by atoms with Crippen LogP contribution in [0.15, 0.2) is 85.1 Å². The van der Waals surface area contributed by atoms with Gasteiger partial charge in [-0.25, -0.2) is 0 Å². The van der Waals surface area contributed by atoms with E-state index in [0.717, 1.165) is 55.5 Å². The molecule has 0 unspecified atom stereocenters. The van der Waals surface area contributed by atoms with Gasteiger partial charge in [-0.2, -0.15) is 0 Å². The summed E-state index contributed by atoms with van der Waals surface area (Å²) >= 11 is 0. The third-order valence-corrected chi connectivity index (χ3v) is 8.58. The predicted molar refractivity (Wildman–Crippen MR) is 152 cm³/mol. The van der Waals surface area contributed by atoms with Crippen LogP contribution in [0, 0.1) is 0 Å². The first-order chi connectivity index (χ1) is 18.7. The molecular weight excluding hydrogens is 470 g/mol. The van der Waals surface area contributed by atoms with Gasteiger partial charge in [0.15, 0.2) is 0 Å². The number of hydrogen-bond donors (Lipinski definition) is 2. The topological polar surface area (TPSA) is 51.7 Å². The maximum atomic E-state index is 10.9. The molecule has 1 saturated heterocycles. The summed E-state index contributed by atoms with van der Waals surface area (Å²) in [6.45, 7) is 3.94. The smallest absolute Gasteiger partial charge is 0.128 e. The van der Waals surface area contributed by atoms with Crippen molar-refractivity contribution in [3.05, 3.63) is 102 Å². The Morgan fingerprint density at radius 3 is 2.61 bits per heavy atom. The van der Waals surface area contributed by atoms with E-state index in [1.807, 2.05) is 30.5 Å². The Labute approximate surface area is 224 Å². The van der Waals surface area contributed by atoms with E-state index >= 15 is 0 Å². The number of hydrogen-bond acceptors (Lipinski definition) is 4. The number of H-pyrrole nitrogens is 1. The van der Waals surface area contributed by atoms with E-state index in [4.69, 9.17) is 4.74 Å². The van der Waals surface area contributed by atoms with Crippen molar-refractivity contribution in [2.75, 3.05) is 26.2 Å². The number of nitrogens with one attached hydrogen (secondary N) is 1. The Morgan fingerprint density at radius 1 is 0.868 bits per heavy atom. The number of aromatic amines is 1. The molecular formula is C33H35N3O2. The third-order valence-electron chi connectivity index (χ3n) is 8.58. The van der Waals surface area contributed by atoms with Crippen molar-refractivity contribution in [2.45, 2.75) is 44.0 Å². The highest BCUT2D eigenvalue weighted by Crippen LogP contribution is 2.37. The summed E-state index contributed by atoms with van der Waals surface area (Å²) in [6, 6.07) is 24.8. The number of aliphatic hydroxyl groups is 1. The highest BCUT2D eigenvalue weighted by molar-refractivity contribution is 5.85. The minimum absolute atomic E-state index is 0.301. The van der Waals surface area contributed by atoms with Gasteiger partial charge in [0.05, 0.1) is 0 Å². The van der Waals surface area contributed by atoms with E-state index in [0.29, 0.717) is 25.2 Å². The summed E-state index contributed by atoms with van der Waals surface area (Å²) in [6.07, 6.45) is 9.22.